The van der Waals surface area contributed by atoms with Crippen LogP contribution in [0.1, 0.15) is 6.42 Å². The first-order chi connectivity index (χ1) is 6.22. The molecule has 1 N–H and O–H groups in total. The number of hydrogen-bond acceptors (Lipinski definition) is 2. The molecule has 1 rings (SSSR count). The Balaban J connectivity index is 2.54. The summed E-state index contributed by atoms with van der Waals surface area (Å²) in [6, 6.07) is 7.47. The molecule has 0 aliphatic heterocycles. The monoisotopic (exact) mass is 259 g/mol. The summed E-state index contributed by atoms with van der Waals surface area (Å²) in [4.78, 5) is 11.1. The number of anilines is 1. The summed E-state index contributed by atoms with van der Waals surface area (Å²) in [6.45, 7) is 0. The van der Waals surface area contributed by atoms with Crippen LogP contribution in [-0.2, 0) is 4.79 Å². The summed E-state index contributed by atoms with van der Waals surface area (Å²) < 4.78 is 1.000. The van der Waals surface area contributed by atoms with Crippen molar-refractivity contribution in [2.24, 2.45) is 0 Å². The molecule has 0 heterocycles. The Bertz CT molecular complexity index is 286. The average Bonchev–Trinajstić information content (AvgIpc) is 2.09. The Kier molecular flexibility index (Phi) is 4.32. The molecule has 2 nitrogen and oxygen atoms in total. The molecule has 0 atom stereocenters. The second-order valence-corrected chi connectivity index (χ2v) is 3.89. The molecular weight excluding hydrogens is 250 g/mol. The fourth-order valence-corrected chi connectivity index (χ4v) is 1.33. The van der Waals surface area contributed by atoms with Crippen LogP contribution in [0.15, 0.2) is 28.7 Å². The van der Waals surface area contributed by atoms with Crippen LogP contribution in [0.4, 0.5) is 5.69 Å². The predicted octanol–water partition coefficient (Wildman–Crippen LogP) is 2.71. The van der Waals surface area contributed by atoms with Gasteiger partial charge in [-0.1, -0.05) is 15.9 Å². The van der Waals surface area contributed by atoms with Gasteiger partial charge in [0.1, 0.15) is 0 Å². The number of carbonyl (C=O) groups excluding carboxylic acids is 1. The Morgan fingerprint density at radius 1 is 1.38 bits per heavy atom. The van der Waals surface area contributed by atoms with Gasteiger partial charge in [-0.15, -0.1) is 0 Å². The second-order valence-electron chi connectivity index (χ2n) is 2.53. The van der Waals surface area contributed by atoms with Gasteiger partial charge in [-0.25, -0.2) is 0 Å². The van der Waals surface area contributed by atoms with Crippen LogP contribution in [0, 0.1) is 0 Å². The molecule has 0 fully saturated rings. The Labute approximate surface area is 91.3 Å². The first-order valence-electron chi connectivity index (χ1n) is 3.88. The maximum absolute atomic E-state index is 11.1. The molecule has 0 spiro atoms. The number of hydrogen-bond donors (Lipinski definition) is 2. The Morgan fingerprint density at radius 2 is 2.00 bits per heavy atom. The maximum Gasteiger partial charge on any atom is 0.225 e. The van der Waals surface area contributed by atoms with Gasteiger partial charge in [-0.2, -0.15) is 12.6 Å². The Hall–Kier alpha value is -0.480. The van der Waals surface area contributed by atoms with Crippen LogP contribution < -0.4 is 5.32 Å². The van der Waals surface area contributed by atoms with E-state index >= 15 is 0 Å². The highest BCUT2D eigenvalue weighted by Gasteiger charge is 1.99. The van der Waals surface area contributed by atoms with Crippen molar-refractivity contribution in [3.05, 3.63) is 28.7 Å². The predicted molar refractivity (Wildman–Crippen MR) is 61.2 cm³/mol. The fourth-order valence-electron chi connectivity index (χ4n) is 0.858. The molecule has 1 amide bonds. The van der Waals surface area contributed by atoms with Crippen molar-refractivity contribution in [3.63, 3.8) is 0 Å². The zero-order valence-electron chi connectivity index (χ0n) is 6.96. The molecule has 0 radical (unpaired) electrons. The van der Waals surface area contributed by atoms with E-state index in [1.54, 1.807) is 0 Å². The van der Waals surface area contributed by atoms with E-state index in [2.05, 4.69) is 33.9 Å². The van der Waals surface area contributed by atoms with Crippen molar-refractivity contribution >= 4 is 40.2 Å². The summed E-state index contributed by atoms with van der Waals surface area (Å²) >= 11 is 7.29. The lowest BCUT2D eigenvalue weighted by Gasteiger charge is -2.03. The molecule has 0 aliphatic rings. The van der Waals surface area contributed by atoms with Gasteiger partial charge in [0, 0.05) is 16.6 Å². The van der Waals surface area contributed by atoms with Gasteiger partial charge in [0.25, 0.3) is 0 Å². The van der Waals surface area contributed by atoms with Gasteiger partial charge in [0.2, 0.25) is 5.91 Å². The quantitative estimate of drug-likeness (QED) is 0.804. The molecule has 0 unspecified atom stereocenters. The molecular formula is C9H10BrNOS. The zero-order valence-corrected chi connectivity index (χ0v) is 9.44. The standard InChI is InChI=1S/C9H10BrNOS/c10-7-1-3-8(4-2-7)11-9(12)5-6-13/h1-4,13H,5-6H2,(H,11,12). The van der Waals surface area contributed by atoms with Crippen molar-refractivity contribution in [3.8, 4) is 0 Å². The van der Waals surface area contributed by atoms with Crippen LogP contribution >= 0.6 is 28.6 Å². The lowest BCUT2D eigenvalue weighted by atomic mass is 10.3. The highest BCUT2D eigenvalue weighted by molar-refractivity contribution is 9.10. The highest BCUT2D eigenvalue weighted by atomic mass is 79.9. The zero-order chi connectivity index (χ0) is 9.68. The number of benzene rings is 1. The second kappa shape index (κ2) is 5.29. The minimum absolute atomic E-state index is 0.00248. The summed E-state index contributed by atoms with van der Waals surface area (Å²) in [7, 11) is 0. The summed E-state index contributed by atoms with van der Waals surface area (Å²) in [5.74, 6) is 0.569. The first-order valence-corrected chi connectivity index (χ1v) is 5.31. The van der Waals surface area contributed by atoms with Crippen molar-refractivity contribution in [2.45, 2.75) is 6.42 Å². The number of halogens is 1. The molecule has 0 aliphatic carbocycles. The normalized spacial score (nSPS) is 9.69. The topological polar surface area (TPSA) is 29.1 Å². The molecule has 0 aromatic heterocycles. The van der Waals surface area contributed by atoms with Crippen LogP contribution in [0.2, 0.25) is 0 Å². The van der Waals surface area contributed by atoms with E-state index < -0.39 is 0 Å². The van der Waals surface area contributed by atoms with E-state index in [1.165, 1.54) is 0 Å². The SMILES string of the molecule is O=C(CCS)Nc1ccc(Br)cc1. The molecule has 0 saturated heterocycles. The third-order valence-electron chi connectivity index (χ3n) is 1.47. The maximum atomic E-state index is 11.1. The molecule has 1 aromatic carbocycles. The van der Waals surface area contributed by atoms with E-state index in [-0.39, 0.29) is 5.91 Å². The minimum Gasteiger partial charge on any atom is -0.326 e. The van der Waals surface area contributed by atoms with Crippen molar-refractivity contribution in [2.75, 3.05) is 11.1 Å². The van der Waals surface area contributed by atoms with Crippen molar-refractivity contribution in [1.29, 1.82) is 0 Å². The number of thiol groups is 1. The number of rotatable bonds is 3. The van der Waals surface area contributed by atoms with Gasteiger partial charge in [-0.05, 0) is 30.0 Å². The smallest absolute Gasteiger partial charge is 0.225 e. The largest absolute Gasteiger partial charge is 0.326 e. The van der Waals surface area contributed by atoms with Crippen molar-refractivity contribution < 1.29 is 4.79 Å². The van der Waals surface area contributed by atoms with E-state index in [9.17, 15) is 4.79 Å². The lowest BCUT2D eigenvalue weighted by Crippen LogP contribution is -2.11. The minimum atomic E-state index is -0.00248. The van der Waals surface area contributed by atoms with Gasteiger partial charge in [0.15, 0.2) is 0 Å². The van der Waals surface area contributed by atoms with Gasteiger partial charge >= 0.3 is 0 Å². The number of amides is 1. The van der Waals surface area contributed by atoms with Crippen LogP contribution in [0.3, 0.4) is 0 Å². The Morgan fingerprint density at radius 3 is 2.54 bits per heavy atom. The van der Waals surface area contributed by atoms with Crippen molar-refractivity contribution in [1.82, 2.24) is 0 Å². The number of carbonyl (C=O) groups is 1. The average molecular weight is 260 g/mol. The number of nitrogens with one attached hydrogen (secondary N) is 1. The lowest BCUT2D eigenvalue weighted by molar-refractivity contribution is -0.115. The van der Waals surface area contributed by atoms with Gasteiger partial charge in [-0.3, -0.25) is 4.79 Å². The summed E-state index contributed by atoms with van der Waals surface area (Å²) in [5.41, 5.74) is 0.815. The van der Waals surface area contributed by atoms with Gasteiger partial charge < -0.3 is 5.32 Å². The molecule has 70 valence electrons. The first kappa shape index (κ1) is 10.6. The molecule has 0 saturated carbocycles. The van der Waals surface area contributed by atoms with E-state index in [0.29, 0.717) is 12.2 Å². The van der Waals surface area contributed by atoms with E-state index in [0.717, 1.165) is 10.2 Å². The molecule has 1 aromatic rings. The molecule has 4 heteroatoms. The van der Waals surface area contributed by atoms with Crippen LogP contribution in [-0.4, -0.2) is 11.7 Å². The molecule has 0 bridgehead atoms. The summed E-state index contributed by atoms with van der Waals surface area (Å²) in [6.07, 6.45) is 0.444. The third kappa shape index (κ3) is 3.83. The third-order valence-corrected chi connectivity index (χ3v) is 2.22. The fraction of sp³-hybridized carbons (Fsp3) is 0.222. The van der Waals surface area contributed by atoms with Crippen LogP contribution in [0.5, 0.6) is 0 Å². The molecule has 13 heavy (non-hydrogen) atoms. The highest BCUT2D eigenvalue weighted by Crippen LogP contribution is 2.14. The van der Waals surface area contributed by atoms with Gasteiger partial charge in [0.05, 0.1) is 0 Å². The summed E-state index contributed by atoms with van der Waals surface area (Å²) in [5, 5.41) is 2.76. The van der Waals surface area contributed by atoms with E-state index in [1.807, 2.05) is 24.3 Å². The van der Waals surface area contributed by atoms with Crippen LogP contribution in [0.25, 0.3) is 0 Å². The van der Waals surface area contributed by atoms with E-state index in [4.69, 9.17) is 0 Å².